The van der Waals surface area contributed by atoms with E-state index in [1.807, 2.05) is 6.07 Å². The lowest BCUT2D eigenvalue weighted by Crippen LogP contribution is -2.26. The van der Waals surface area contributed by atoms with Gasteiger partial charge in [0.05, 0.1) is 23.5 Å². The van der Waals surface area contributed by atoms with Crippen molar-refractivity contribution in [3.8, 4) is 0 Å². The predicted octanol–water partition coefficient (Wildman–Crippen LogP) is 4.69. The monoisotopic (exact) mass is 290 g/mol. The third-order valence-electron chi connectivity index (χ3n) is 4.06. The van der Waals surface area contributed by atoms with Crippen LogP contribution in [0.4, 0.5) is 0 Å². The van der Waals surface area contributed by atoms with Crippen molar-refractivity contribution in [2.75, 3.05) is 0 Å². The van der Waals surface area contributed by atoms with Crippen LogP contribution in [0.25, 0.3) is 0 Å². The summed E-state index contributed by atoms with van der Waals surface area (Å²) >= 11 is 0. The van der Waals surface area contributed by atoms with Crippen LogP contribution in [0, 0.1) is 0 Å². The zero-order chi connectivity index (χ0) is 15.7. The van der Waals surface area contributed by atoms with Gasteiger partial charge in [-0.05, 0) is 56.6 Å². The number of benzene rings is 1. The van der Waals surface area contributed by atoms with E-state index in [2.05, 4.69) is 70.2 Å². The molecule has 3 rings (SSSR count). The first-order valence-electron chi connectivity index (χ1n) is 7.74. The van der Waals surface area contributed by atoms with Crippen molar-refractivity contribution < 1.29 is 0 Å². The maximum atomic E-state index is 4.83. The molecule has 0 saturated carbocycles. The van der Waals surface area contributed by atoms with Gasteiger partial charge in [0.15, 0.2) is 0 Å². The molecular weight excluding hydrogens is 268 g/mol. The van der Waals surface area contributed by atoms with E-state index in [0.717, 1.165) is 11.4 Å². The molecule has 1 aromatic rings. The molecule has 2 aliphatic rings. The van der Waals surface area contributed by atoms with Crippen LogP contribution in [0.5, 0.6) is 0 Å². The van der Waals surface area contributed by atoms with E-state index in [1.54, 1.807) is 0 Å². The summed E-state index contributed by atoms with van der Waals surface area (Å²) in [5.74, 6) is 0. The molecule has 0 radical (unpaired) electrons. The van der Waals surface area contributed by atoms with Crippen molar-refractivity contribution in [2.45, 2.75) is 39.8 Å². The summed E-state index contributed by atoms with van der Waals surface area (Å²) in [6, 6.07) is 10.4. The Morgan fingerprint density at radius 1 is 1.05 bits per heavy atom. The van der Waals surface area contributed by atoms with Gasteiger partial charge in [-0.2, -0.15) is 0 Å². The van der Waals surface area contributed by atoms with Gasteiger partial charge in [-0.15, -0.1) is 0 Å². The average Bonchev–Trinajstić information content (AvgIpc) is 2.46. The predicted molar refractivity (Wildman–Crippen MR) is 94.7 cm³/mol. The molecule has 1 aliphatic heterocycles. The van der Waals surface area contributed by atoms with Crippen molar-refractivity contribution in [1.29, 1.82) is 0 Å². The van der Waals surface area contributed by atoms with Crippen molar-refractivity contribution in [3.63, 3.8) is 0 Å². The second kappa shape index (κ2) is 5.53. The van der Waals surface area contributed by atoms with Crippen LogP contribution in [-0.4, -0.2) is 17.0 Å². The molecule has 0 spiro atoms. The molecule has 112 valence electrons. The number of aliphatic imine (C=N–C) groups is 2. The molecule has 0 aromatic heterocycles. The molecule has 0 amide bonds. The molecule has 1 aromatic carbocycles. The van der Waals surface area contributed by atoms with Gasteiger partial charge in [-0.1, -0.05) is 36.4 Å². The molecule has 0 saturated heterocycles. The van der Waals surface area contributed by atoms with Gasteiger partial charge in [0, 0.05) is 5.57 Å². The minimum atomic E-state index is -0.119. The Hall–Kier alpha value is -2.22. The van der Waals surface area contributed by atoms with Gasteiger partial charge in [0.25, 0.3) is 0 Å². The van der Waals surface area contributed by atoms with Crippen molar-refractivity contribution in [3.05, 3.63) is 70.8 Å². The van der Waals surface area contributed by atoms with Gasteiger partial charge in [-0.3, -0.25) is 9.98 Å². The number of dihydropyridines is 1. The smallest absolute Gasteiger partial charge is 0.0744 e. The van der Waals surface area contributed by atoms with E-state index in [9.17, 15) is 0 Å². The Balaban J connectivity index is 1.93. The Labute approximate surface area is 132 Å². The van der Waals surface area contributed by atoms with Gasteiger partial charge in [0.2, 0.25) is 0 Å². The minimum Gasteiger partial charge on any atom is -0.280 e. The number of hydrogen-bond donors (Lipinski definition) is 0. The van der Waals surface area contributed by atoms with Crippen LogP contribution in [0.15, 0.2) is 75.3 Å². The summed E-state index contributed by atoms with van der Waals surface area (Å²) in [7, 11) is 0. The van der Waals surface area contributed by atoms with E-state index in [-0.39, 0.29) is 5.54 Å². The number of rotatable bonds is 2. The zero-order valence-electron chi connectivity index (χ0n) is 13.7. The summed E-state index contributed by atoms with van der Waals surface area (Å²) in [6.07, 6.45) is 6.43. The molecule has 0 N–H and O–H groups in total. The van der Waals surface area contributed by atoms with Crippen LogP contribution >= 0.6 is 0 Å². The third kappa shape index (κ3) is 2.87. The Kier molecular flexibility index (Phi) is 3.69. The molecular formula is C20H22N2. The van der Waals surface area contributed by atoms with Crippen molar-refractivity contribution in [1.82, 2.24) is 0 Å². The summed E-state index contributed by atoms with van der Waals surface area (Å²) in [5.41, 5.74) is 7.02. The molecule has 0 bridgehead atoms. The molecule has 1 aliphatic carbocycles. The number of nitrogens with zero attached hydrogens (tertiary/aromatic N) is 2. The fraction of sp³-hybridized carbons (Fsp3) is 0.300. The summed E-state index contributed by atoms with van der Waals surface area (Å²) in [4.78, 5) is 9.62. The van der Waals surface area contributed by atoms with E-state index >= 15 is 0 Å². The first-order valence-corrected chi connectivity index (χ1v) is 7.74. The zero-order valence-corrected chi connectivity index (χ0v) is 13.7. The van der Waals surface area contributed by atoms with Crippen LogP contribution in [0.3, 0.4) is 0 Å². The highest BCUT2D eigenvalue weighted by Crippen LogP contribution is 2.31. The lowest BCUT2D eigenvalue weighted by Gasteiger charge is -2.28. The van der Waals surface area contributed by atoms with Crippen molar-refractivity contribution in [2.24, 2.45) is 9.98 Å². The standard InChI is InChI=1S/C20H22N2/c1-14-12-20(3,4)22-18-11-10-17(15(2)19(14)18)21-13-16-8-6-5-7-9-16/h5-12H,13H2,1-4H3. The first kappa shape index (κ1) is 14.7. The fourth-order valence-electron chi connectivity index (χ4n) is 3.15. The second-order valence-corrected chi connectivity index (χ2v) is 6.50. The topological polar surface area (TPSA) is 24.7 Å². The highest BCUT2D eigenvalue weighted by atomic mass is 14.9. The van der Waals surface area contributed by atoms with E-state index < -0.39 is 0 Å². The van der Waals surface area contributed by atoms with Gasteiger partial charge in [-0.25, -0.2) is 0 Å². The van der Waals surface area contributed by atoms with Crippen LogP contribution in [0.1, 0.15) is 33.3 Å². The Morgan fingerprint density at radius 2 is 1.77 bits per heavy atom. The average molecular weight is 290 g/mol. The second-order valence-electron chi connectivity index (χ2n) is 6.50. The van der Waals surface area contributed by atoms with Gasteiger partial charge < -0.3 is 0 Å². The first-order chi connectivity index (χ1) is 10.5. The fourth-order valence-corrected chi connectivity index (χ4v) is 3.15. The maximum Gasteiger partial charge on any atom is 0.0744 e. The van der Waals surface area contributed by atoms with Crippen LogP contribution in [-0.2, 0) is 6.54 Å². The normalized spacial score (nSPS) is 21.5. The molecule has 22 heavy (non-hydrogen) atoms. The van der Waals surface area contributed by atoms with E-state index in [0.29, 0.717) is 6.54 Å². The van der Waals surface area contributed by atoms with Crippen LogP contribution < -0.4 is 0 Å². The lowest BCUT2D eigenvalue weighted by molar-refractivity contribution is 0.648. The van der Waals surface area contributed by atoms with Crippen molar-refractivity contribution >= 4 is 11.4 Å². The number of fused-ring (bicyclic) bond motifs is 1. The third-order valence-corrected chi connectivity index (χ3v) is 4.06. The molecule has 0 unspecified atom stereocenters. The molecule has 0 atom stereocenters. The van der Waals surface area contributed by atoms with E-state index in [4.69, 9.17) is 9.98 Å². The summed E-state index contributed by atoms with van der Waals surface area (Å²) < 4.78 is 0. The minimum absolute atomic E-state index is 0.119. The molecule has 0 fully saturated rings. The quantitative estimate of drug-likeness (QED) is 0.706. The summed E-state index contributed by atoms with van der Waals surface area (Å²) in [5, 5.41) is 0. The Morgan fingerprint density at radius 3 is 2.50 bits per heavy atom. The molecule has 1 heterocycles. The molecule has 2 heteroatoms. The number of hydrogen-bond acceptors (Lipinski definition) is 2. The van der Waals surface area contributed by atoms with E-state index in [1.165, 1.54) is 22.3 Å². The Bertz CT molecular complexity index is 741. The molecule has 2 nitrogen and oxygen atoms in total. The largest absolute Gasteiger partial charge is 0.280 e. The van der Waals surface area contributed by atoms with Crippen LogP contribution in [0.2, 0.25) is 0 Å². The highest BCUT2D eigenvalue weighted by molar-refractivity contribution is 6.25. The maximum absolute atomic E-state index is 4.83. The summed E-state index contributed by atoms with van der Waals surface area (Å²) in [6.45, 7) is 9.31. The van der Waals surface area contributed by atoms with Gasteiger partial charge in [0.1, 0.15) is 0 Å². The van der Waals surface area contributed by atoms with Gasteiger partial charge >= 0.3 is 0 Å². The number of allylic oxidation sites excluding steroid dienone is 5. The highest BCUT2D eigenvalue weighted by Gasteiger charge is 2.26. The lowest BCUT2D eigenvalue weighted by atomic mass is 9.84. The SMILES string of the molecule is CC1=CC(C)(C)N=C2C=CC(=NCc3ccccc3)C(C)=C12.